The summed E-state index contributed by atoms with van der Waals surface area (Å²) in [6, 6.07) is 7.15. The van der Waals surface area contributed by atoms with Gasteiger partial charge >= 0.3 is 0 Å². The number of ketones is 2. The molecule has 3 atom stereocenters. The van der Waals surface area contributed by atoms with Gasteiger partial charge in [-0.15, -0.1) is 0 Å². The van der Waals surface area contributed by atoms with Gasteiger partial charge in [-0.2, -0.15) is 0 Å². The molecular formula is C25H34N4O3. The molecular weight excluding hydrogens is 404 g/mol. The molecule has 32 heavy (non-hydrogen) atoms. The highest BCUT2D eigenvalue weighted by Gasteiger charge is 2.46. The van der Waals surface area contributed by atoms with E-state index in [4.69, 9.17) is 0 Å². The van der Waals surface area contributed by atoms with Crippen molar-refractivity contribution < 1.29 is 14.7 Å². The molecule has 172 valence electrons. The summed E-state index contributed by atoms with van der Waals surface area (Å²) in [7, 11) is 4.02. The Kier molecular flexibility index (Phi) is 7.08. The molecule has 1 aliphatic heterocycles. The molecule has 0 spiro atoms. The zero-order valence-corrected chi connectivity index (χ0v) is 19.0. The summed E-state index contributed by atoms with van der Waals surface area (Å²) in [5, 5.41) is 16.7. The Morgan fingerprint density at radius 3 is 2.16 bits per heavy atom. The minimum absolute atomic E-state index is 0.000330. The van der Waals surface area contributed by atoms with Crippen LogP contribution in [0.5, 0.6) is 0 Å². The van der Waals surface area contributed by atoms with Crippen molar-refractivity contribution in [1.29, 1.82) is 0 Å². The van der Waals surface area contributed by atoms with Crippen LogP contribution in [0.2, 0.25) is 0 Å². The summed E-state index contributed by atoms with van der Waals surface area (Å²) in [5.74, 6) is -1.06. The number of nitrogens with one attached hydrogen (secondary N) is 2. The van der Waals surface area contributed by atoms with Crippen molar-refractivity contribution in [3.63, 3.8) is 0 Å². The smallest absolute Gasteiger partial charge is 0.173 e. The highest BCUT2D eigenvalue weighted by molar-refractivity contribution is 6.18. The summed E-state index contributed by atoms with van der Waals surface area (Å²) < 4.78 is 0. The minimum atomic E-state index is -0.531. The molecule has 1 fully saturated rings. The fourth-order valence-electron chi connectivity index (χ4n) is 4.93. The van der Waals surface area contributed by atoms with Crippen LogP contribution in [0, 0.1) is 11.8 Å². The van der Waals surface area contributed by atoms with E-state index in [2.05, 4.69) is 20.4 Å². The lowest BCUT2D eigenvalue weighted by atomic mass is 9.69. The molecule has 1 saturated heterocycles. The zero-order chi connectivity index (χ0) is 22.7. The van der Waals surface area contributed by atoms with E-state index in [-0.39, 0.29) is 17.7 Å². The van der Waals surface area contributed by atoms with E-state index in [1.165, 1.54) is 0 Å². The van der Waals surface area contributed by atoms with Gasteiger partial charge in [0.25, 0.3) is 0 Å². The van der Waals surface area contributed by atoms with Crippen LogP contribution < -0.4 is 10.6 Å². The third-order valence-electron chi connectivity index (χ3n) is 6.59. The SMILES string of the molecule is CN(C)CCNC1=CC=C(NCCN2CCCC(O)C2)C2C(=O)c3ccccc3C(=O)C12. The predicted octanol–water partition coefficient (Wildman–Crippen LogP) is 1.28. The van der Waals surface area contributed by atoms with E-state index in [1.54, 1.807) is 12.1 Å². The summed E-state index contributed by atoms with van der Waals surface area (Å²) in [4.78, 5) is 31.3. The molecule has 3 N–H and O–H groups in total. The number of aliphatic hydroxyl groups is 1. The number of nitrogens with zero attached hydrogens (tertiary/aromatic N) is 2. The molecule has 1 aromatic carbocycles. The number of β-amino-alcohol motifs (C(OH)–C–C–N with tert-alkyl or cyclic N) is 1. The normalized spacial score (nSPS) is 25.7. The summed E-state index contributed by atoms with van der Waals surface area (Å²) in [6.07, 6.45) is 5.51. The predicted molar refractivity (Wildman–Crippen MR) is 124 cm³/mol. The Balaban J connectivity index is 1.53. The maximum atomic E-state index is 13.5. The van der Waals surface area contributed by atoms with E-state index in [9.17, 15) is 14.7 Å². The number of hydrogen-bond donors (Lipinski definition) is 3. The molecule has 0 amide bonds. The lowest BCUT2D eigenvalue weighted by molar-refractivity contribution is 0.0709. The van der Waals surface area contributed by atoms with Crippen LogP contribution in [0.1, 0.15) is 33.6 Å². The van der Waals surface area contributed by atoms with Crippen LogP contribution in [0.15, 0.2) is 47.8 Å². The molecule has 7 nitrogen and oxygen atoms in total. The number of rotatable bonds is 8. The van der Waals surface area contributed by atoms with Gasteiger partial charge in [0, 0.05) is 55.2 Å². The van der Waals surface area contributed by atoms with Crippen molar-refractivity contribution in [3.8, 4) is 0 Å². The molecule has 3 aliphatic rings. The number of likely N-dealkylation sites (tertiary alicyclic amines) is 1. The first-order valence-electron chi connectivity index (χ1n) is 11.6. The summed E-state index contributed by atoms with van der Waals surface area (Å²) >= 11 is 0. The number of carbonyl (C=O) groups is 2. The summed E-state index contributed by atoms with van der Waals surface area (Å²) in [5.41, 5.74) is 2.65. The van der Waals surface area contributed by atoms with Crippen LogP contribution in [-0.4, -0.2) is 85.9 Å². The van der Waals surface area contributed by atoms with E-state index in [1.807, 2.05) is 38.4 Å². The highest BCUT2D eigenvalue weighted by Crippen LogP contribution is 2.39. The van der Waals surface area contributed by atoms with E-state index in [0.717, 1.165) is 43.9 Å². The number of hydrogen-bond acceptors (Lipinski definition) is 7. The second-order valence-corrected chi connectivity index (χ2v) is 9.23. The van der Waals surface area contributed by atoms with Crippen molar-refractivity contribution in [2.75, 3.05) is 53.4 Å². The number of aliphatic hydroxyl groups excluding tert-OH is 1. The van der Waals surface area contributed by atoms with E-state index < -0.39 is 11.8 Å². The molecule has 0 saturated carbocycles. The topological polar surface area (TPSA) is 84.9 Å². The molecule has 1 aromatic rings. The fourth-order valence-corrected chi connectivity index (χ4v) is 4.93. The van der Waals surface area contributed by atoms with E-state index in [0.29, 0.717) is 30.8 Å². The second-order valence-electron chi connectivity index (χ2n) is 9.23. The minimum Gasteiger partial charge on any atom is -0.392 e. The first kappa shape index (κ1) is 22.7. The van der Waals surface area contributed by atoms with Crippen molar-refractivity contribution in [1.82, 2.24) is 20.4 Å². The van der Waals surface area contributed by atoms with Gasteiger partial charge in [0.05, 0.1) is 17.9 Å². The molecule has 4 rings (SSSR count). The average Bonchev–Trinajstić information content (AvgIpc) is 2.78. The van der Waals surface area contributed by atoms with Crippen LogP contribution in [0.25, 0.3) is 0 Å². The average molecular weight is 439 g/mol. The Hall–Kier alpha value is -2.48. The van der Waals surface area contributed by atoms with Crippen molar-refractivity contribution >= 4 is 11.6 Å². The van der Waals surface area contributed by atoms with Crippen molar-refractivity contribution in [3.05, 3.63) is 58.9 Å². The van der Waals surface area contributed by atoms with Crippen LogP contribution in [0.4, 0.5) is 0 Å². The van der Waals surface area contributed by atoms with Gasteiger partial charge in [0.15, 0.2) is 11.6 Å². The first-order chi connectivity index (χ1) is 15.5. The van der Waals surface area contributed by atoms with Crippen LogP contribution >= 0.6 is 0 Å². The number of allylic oxidation sites excluding steroid dienone is 4. The van der Waals surface area contributed by atoms with Gasteiger partial charge < -0.3 is 20.6 Å². The number of fused-ring (bicyclic) bond motifs is 2. The third-order valence-corrected chi connectivity index (χ3v) is 6.59. The van der Waals surface area contributed by atoms with Gasteiger partial charge in [-0.3, -0.25) is 14.5 Å². The van der Waals surface area contributed by atoms with Gasteiger partial charge in [0.1, 0.15) is 0 Å². The Morgan fingerprint density at radius 2 is 1.59 bits per heavy atom. The van der Waals surface area contributed by atoms with Gasteiger partial charge in [-0.25, -0.2) is 0 Å². The Labute approximate surface area is 190 Å². The molecule has 1 heterocycles. The van der Waals surface area contributed by atoms with Crippen molar-refractivity contribution in [2.24, 2.45) is 11.8 Å². The molecule has 0 radical (unpaired) electrons. The van der Waals surface area contributed by atoms with E-state index >= 15 is 0 Å². The number of benzene rings is 1. The highest BCUT2D eigenvalue weighted by atomic mass is 16.3. The Morgan fingerprint density at radius 1 is 1.00 bits per heavy atom. The molecule has 0 bridgehead atoms. The maximum absolute atomic E-state index is 13.5. The van der Waals surface area contributed by atoms with Crippen LogP contribution in [0.3, 0.4) is 0 Å². The quantitative estimate of drug-likeness (QED) is 0.564. The van der Waals surface area contributed by atoms with Crippen LogP contribution in [-0.2, 0) is 0 Å². The molecule has 7 heteroatoms. The maximum Gasteiger partial charge on any atom is 0.173 e. The number of carbonyl (C=O) groups excluding carboxylic acids is 2. The fraction of sp³-hybridized carbons (Fsp3) is 0.520. The second kappa shape index (κ2) is 9.98. The number of piperidine rings is 1. The largest absolute Gasteiger partial charge is 0.392 e. The number of likely N-dealkylation sites (N-methyl/N-ethyl adjacent to an activating group) is 1. The molecule has 3 unspecified atom stereocenters. The molecule has 2 aliphatic carbocycles. The Bertz CT molecular complexity index is 924. The summed E-state index contributed by atoms with van der Waals surface area (Å²) in [6.45, 7) is 4.68. The monoisotopic (exact) mass is 438 g/mol. The lowest BCUT2D eigenvalue weighted by Crippen LogP contribution is -2.47. The standard InChI is InChI=1S/C25H34N4O3/c1-28(2)14-11-26-20-9-10-21(27-12-15-29-13-5-6-17(30)16-29)23-22(20)24(31)18-7-3-4-8-19(18)25(23)32/h3-4,7-10,17,22-23,26-27,30H,5-6,11-16H2,1-2H3. The lowest BCUT2D eigenvalue weighted by Gasteiger charge is -2.37. The van der Waals surface area contributed by atoms with Gasteiger partial charge in [0.2, 0.25) is 0 Å². The number of Topliss-reactive ketones (excluding diaryl/α,β-unsaturated/α-hetero) is 2. The first-order valence-corrected chi connectivity index (χ1v) is 11.6. The van der Waals surface area contributed by atoms with Crippen molar-refractivity contribution in [2.45, 2.75) is 18.9 Å². The van der Waals surface area contributed by atoms with Gasteiger partial charge in [-0.1, -0.05) is 24.3 Å². The molecule has 0 aromatic heterocycles. The third kappa shape index (κ3) is 4.80. The zero-order valence-electron chi connectivity index (χ0n) is 19.0. The van der Waals surface area contributed by atoms with Gasteiger partial charge in [-0.05, 0) is 45.6 Å².